The molecule has 1 aliphatic heterocycles. The van der Waals surface area contributed by atoms with E-state index in [2.05, 4.69) is 10.2 Å². The van der Waals surface area contributed by atoms with Gasteiger partial charge in [0.05, 0.1) is 59.6 Å². The van der Waals surface area contributed by atoms with Gasteiger partial charge in [0.1, 0.15) is 0 Å². The number of rotatable bonds is 6. The van der Waals surface area contributed by atoms with Crippen molar-refractivity contribution >= 4 is 23.8 Å². The minimum absolute atomic E-state index is 0.0129. The molecule has 10 heteroatoms. The number of nitro benzene ring substituents is 2. The van der Waals surface area contributed by atoms with Crippen LogP contribution in [0.4, 0.5) is 11.4 Å². The van der Waals surface area contributed by atoms with Crippen molar-refractivity contribution in [3.63, 3.8) is 0 Å². The van der Waals surface area contributed by atoms with E-state index in [1.807, 2.05) is 10.0 Å². The molecule has 0 saturated carbocycles. The van der Waals surface area contributed by atoms with Crippen LogP contribution < -0.4 is 0 Å². The molecule has 2 aromatic carbocycles. The van der Waals surface area contributed by atoms with Crippen molar-refractivity contribution in [3.05, 3.63) is 79.9 Å². The lowest BCUT2D eigenvalue weighted by molar-refractivity contribution is -0.385. The molecule has 3 rings (SSSR count). The molecule has 1 heterocycles. The zero-order valence-electron chi connectivity index (χ0n) is 14.9. The van der Waals surface area contributed by atoms with Crippen molar-refractivity contribution in [3.8, 4) is 0 Å². The molecule has 0 atom stereocenters. The van der Waals surface area contributed by atoms with Gasteiger partial charge in [-0.05, 0) is 12.1 Å². The first-order valence-electron chi connectivity index (χ1n) is 8.59. The van der Waals surface area contributed by atoms with Crippen LogP contribution in [-0.2, 0) is 0 Å². The van der Waals surface area contributed by atoms with Crippen LogP contribution in [0, 0.1) is 20.2 Å². The molecule has 1 fully saturated rings. The quantitative estimate of drug-likeness (QED) is 0.430. The minimum atomic E-state index is -0.434. The second-order valence-electron chi connectivity index (χ2n) is 6.03. The highest BCUT2D eigenvalue weighted by Gasteiger charge is 2.16. The topological polar surface area (TPSA) is 117 Å². The Bertz CT molecular complexity index is 846. The van der Waals surface area contributed by atoms with Gasteiger partial charge < -0.3 is 0 Å². The van der Waals surface area contributed by atoms with E-state index in [9.17, 15) is 20.2 Å². The molecule has 0 aliphatic carbocycles. The fraction of sp³-hybridized carbons (Fsp3) is 0.222. The van der Waals surface area contributed by atoms with E-state index in [1.165, 1.54) is 24.6 Å². The summed E-state index contributed by atoms with van der Waals surface area (Å²) in [6.07, 6.45) is 2.98. The normalized spacial score (nSPS) is 14.7. The summed E-state index contributed by atoms with van der Waals surface area (Å²) in [4.78, 5) is 21.2. The average Bonchev–Trinajstić information content (AvgIpc) is 2.71. The highest BCUT2D eigenvalue weighted by Crippen LogP contribution is 2.17. The van der Waals surface area contributed by atoms with Gasteiger partial charge in [-0.1, -0.05) is 24.3 Å². The molecule has 0 amide bonds. The van der Waals surface area contributed by atoms with Gasteiger partial charge in [0.2, 0.25) is 0 Å². The summed E-state index contributed by atoms with van der Waals surface area (Å²) < 4.78 is 0. The fourth-order valence-corrected chi connectivity index (χ4v) is 2.73. The van der Waals surface area contributed by atoms with Crippen LogP contribution in [-0.4, -0.2) is 58.5 Å². The van der Waals surface area contributed by atoms with Gasteiger partial charge >= 0.3 is 0 Å². The summed E-state index contributed by atoms with van der Waals surface area (Å²) in [5, 5.41) is 34.3. The van der Waals surface area contributed by atoms with Gasteiger partial charge in [-0.3, -0.25) is 30.2 Å². The minimum Gasteiger partial charge on any atom is -0.293 e. The zero-order chi connectivity index (χ0) is 19.9. The number of nitrogens with zero attached hydrogens (tertiary/aromatic N) is 6. The lowest BCUT2D eigenvalue weighted by Gasteiger charge is -2.31. The fourth-order valence-electron chi connectivity index (χ4n) is 2.73. The van der Waals surface area contributed by atoms with Crippen LogP contribution in [0.5, 0.6) is 0 Å². The molecule has 0 spiro atoms. The van der Waals surface area contributed by atoms with E-state index in [-0.39, 0.29) is 11.4 Å². The van der Waals surface area contributed by atoms with Crippen LogP contribution in [0.15, 0.2) is 58.7 Å². The van der Waals surface area contributed by atoms with Crippen molar-refractivity contribution in [1.82, 2.24) is 10.0 Å². The Morgan fingerprint density at radius 1 is 0.714 bits per heavy atom. The Kier molecular flexibility index (Phi) is 5.90. The van der Waals surface area contributed by atoms with E-state index in [4.69, 9.17) is 0 Å². The van der Waals surface area contributed by atoms with Crippen molar-refractivity contribution in [2.45, 2.75) is 0 Å². The van der Waals surface area contributed by atoms with E-state index < -0.39 is 9.85 Å². The lowest BCUT2D eigenvalue weighted by atomic mass is 10.2. The predicted molar refractivity (Wildman–Crippen MR) is 105 cm³/mol. The third-order valence-corrected chi connectivity index (χ3v) is 4.22. The van der Waals surface area contributed by atoms with E-state index in [0.717, 1.165) is 0 Å². The summed E-state index contributed by atoms with van der Waals surface area (Å²) in [7, 11) is 0. The Morgan fingerprint density at radius 2 is 1.07 bits per heavy atom. The Balaban J connectivity index is 1.58. The maximum Gasteiger partial charge on any atom is 0.278 e. The number of hydrogen-bond donors (Lipinski definition) is 0. The second-order valence-corrected chi connectivity index (χ2v) is 6.03. The standard InChI is InChI=1S/C18H18N6O4/c25-23(26)17-7-3-1-5-15(17)13-19-21-9-11-22(12-10-21)20-14-16-6-2-4-8-18(16)24(27)28/h1-8,13-14H,9-12H2/b19-13+,20-14+. The third kappa shape index (κ3) is 4.67. The zero-order valence-corrected chi connectivity index (χ0v) is 14.9. The van der Waals surface area contributed by atoms with E-state index >= 15 is 0 Å². The molecule has 2 aromatic rings. The average molecular weight is 382 g/mol. The molecular formula is C18H18N6O4. The summed E-state index contributed by atoms with van der Waals surface area (Å²) in [5.74, 6) is 0. The molecule has 1 aliphatic rings. The van der Waals surface area contributed by atoms with E-state index in [0.29, 0.717) is 37.3 Å². The highest BCUT2D eigenvalue weighted by atomic mass is 16.6. The largest absolute Gasteiger partial charge is 0.293 e. The smallest absolute Gasteiger partial charge is 0.278 e. The molecule has 0 N–H and O–H groups in total. The molecule has 28 heavy (non-hydrogen) atoms. The van der Waals surface area contributed by atoms with Gasteiger partial charge in [-0.2, -0.15) is 10.2 Å². The molecule has 0 radical (unpaired) electrons. The van der Waals surface area contributed by atoms with Crippen LogP contribution in [0.1, 0.15) is 11.1 Å². The summed E-state index contributed by atoms with van der Waals surface area (Å²) in [6.45, 7) is 2.35. The molecule has 0 unspecified atom stereocenters. The molecular weight excluding hydrogens is 364 g/mol. The molecule has 0 bridgehead atoms. The molecule has 10 nitrogen and oxygen atoms in total. The summed E-state index contributed by atoms with van der Waals surface area (Å²) >= 11 is 0. The molecule has 0 aromatic heterocycles. The van der Waals surface area contributed by atoms with Gasteiger partial charge in [0, 0.05) is 12.1 Å². The summed E-state index contributed by atoms with van der Waals surface area (Å²) in [6, 6.07) is 12.9. The lowest BCUT2D eigenvalue weighted by Crippen LogP contribution is -2.41. The van der Waals surface area contributed by atoms with Crippen LogP contribution in [0.2, 0.25) is 0 Å². The van der Waals surface area contributed by atoms with Crippen molar-refractivity contribution in [1.29, 1.82) is 0 Å². The number of para-hydroxylation sites is 2. The molecule has 144 valence electrons. The Hall–Kier alpha value is -3.82. The monoisotopic (exact) mass is 382 g/mol. The van der Waals surface area contributed by atoms with E-state index in [1.54, 1.807) is 36.4 Å². The Labute approximate surface area is 160 Å². The third-order valence-electron chi connectivity index (χ3n) is 4.22. The number of piperazine rings is 1. The number of hydrogen-bond acceptors (Lipinski definition) is 8. The van der Waals surface area contributed by atoms with Crippen LogP contribution in [0.3, 0.4) is 0 Å². The first-order chi connectivity index (χ1) is 13.5. The molecule has 1 saturated heterocycles. The van der Waals surface area contributed by atoms with Gasteiger partial charge in [0.25, 0.3) is 11.4 Å². The van der Waals surface area contributed by atoms with Crippen LogP contribution in [0.25, 0.3) is 0 Å². The number of hydrazone groups is 2. The Morgan fingerprint density at radius 3 is 1.43 bits per heavy atom. The maximum atomic E-state index is 11.0. The van der Waals surface area contributed by atoms with Crippen molar-refractivity contribution in [2.24, 2.45) is 10.2 Å². The van der Waals surface area contributed by atoms with Crippen molar-refractivity contribution < 1.29 is 9.85 Å². The first-order valence-corrected chi connectivity index (χ1v) is 8.59. The first kappa shape index (κ1) is 19.0. The SMILES string of the molecule is O=[N+]([O-])c1ccccc1/C=N/N1CCN(/N=C/c2ccccc2[N+](=O)[O-])CC1. The predicted octanol–water partition coefficient (Wildman–Crippen LogP) is 2.49. The number of benzene rings is 2. The van der Waals surface area contributed by atoms with Gasteiger partial charge in [0.15, 0.2) is 0 Å². The second kappa shape index (κ2) is 8.71. The summed E-state index contributed by atoms with van der Waals surface area (Å²) in [5.41, 5.74) is 0.923. The van der Waals surface area contributed by atoms with Gasteiger partial charge in [-0.25, -0.2) is 0 Å². The van der Waals surface area contributed by atoms with Gasteiger partial charge in [-0.15, -0.1) is 0 Å². The highest BCUT2D eigenvalue weighted by molar-refractivity contribution is 5.85. The number of nitro groups is 2. The van der Waals surface area contributed by atoms with Crippen molar-refractivity contribution in [2.75, 3.05) is 26.2 Å². The maximum absolute atomic E-state index is 11.0. The van der Waals surface area contributed by atoms with Crippen LogP contribution >= 0.6 is 0 Å².